The normalized spacial score (nSPS) is 10.3. The maximum absolute atomic E-state index is 15.2. The Labute approximate surface area is 214 Å². The van der Waals surface area contributed by atoms with Crippen molar-refractivity contribution in [3.8, 4) is 23.7 Å². The van der Waals surface area contributed by atoms with Gasteiger partial charge in [-0.25, -0.2) is 4.39 Å². The molecule has 0 N–H and O–H groups in total. The van der Waals surface area contributed by atoms with Crippen LogP contribution in [0.3, 0.4) is 0 Å². The van der Waals surface area contributed by atoms with E-state index in [4.69, 9.17) is 0 Å². The zero-order valence-electron chi connectivity index (χ0n) is 20.9. The van der Waals surface area contributed by atoms with Crippen LogP contribution in [0, 0.1) is 29.5 Å². The Hall–Kier alpha value is -4.07. The lowest BCUT2D eigenvalue weighted by Crippen LogP contribution is -1.88. The molecular formula is C35H31F. The fourth-order valence-electron chi connectivity index (χ4n) is 4.11. The van der Waals surface area contributed by atoms with Gasteiger partial charge < -0.3 is 0 Å². The van der Waals surface area contributed by atoms with Crippen LogP contribution in [0.1, 0.15) is 66.0 Å². The molecule has 0 saturated heterocycles. The number of fused-ring (bicyclic) bond motifs is 1. The van der Waals surface area contributed by atoms with Crippen molar-refractivity contribution < 1.29 is 4.39 Å². The van der Waals surface area contributed by atoms with Gasteiger partial charge in [0.25, 0.3) is 0 Å². The van der Waals surface area contributed by atoms with Gasteiger partial charge in [0, 0.05) is 22.1 Å². The SMILES string of the molecule is C=CCCc1ccc(C#Cc2ccc3cc(C#Cc4ccc(CCCCC)cc4)ccc3c2F)cc1. The predicted octanol–water partition coefficient (Wildman–Crippen LogP) is 8.63. The molecular weight excluding hydrogens is 439 g/mol. The summed E-state index contributed by atoms with van der Waals surface area (Å²) in [5.74, 6) is 12.2. The molecule has 4 aromatic rings. The quantitative estimate of drug-likeness (QED) is 0.144. The summed E-state index contributed by atoms with van der Waals surface area (Å²) >= 11 is 0. The second-order valence-corrected chi connectivity index (χ2v) is 9.04. The van der Waals surface area contributed by atoms with Crippen LogP contribution in [0.5, 0.6) is 0 Å². The van der Waals surface area contributed by atoms with E-state index in [1.165, 1.54) is 30.4 Å². The lowest BCUT2D eigenvalue weighted by atomic mass is 10.0. The van der Waals surface area contributed by atoms with Crippen LogP contribution in [-0.4, -0.2) is 0 Å². The van der Waals surface area contributed by atoms with Crippen LogP contribution in [0.25, 0.3) is 10.8 Å². The number of halogens is 1. The van der Waals surface area contributed by atoms with E-state index in [1.807, 2.05) is 36.4 Å². The number of benzene rings is 4. The number of allylic oxidation sites excluding steroid dienone is 1. The smallest absolute Gasteiger partial charge is 0.146 e. The fraction of sp³-hybridized carbons (Fsp3) is 0.200. The molecule has 4 aromatic carbocycles. The fourth-order valence-corrected chi connectivity index (χ4v) is 4.11. The summed E-state index contributed by atoms with van der Waals surface area (Å²) < 4.78 is 15.2. The summed E-state index contributed by atoms with van der Waals surface area (Å²) in [6.07, 6.45) is 8.68. The van der Waals surface area contributed by atoms with Crippen molar-refractivity contribution in [1.82, 2.24) is 0 Å². The van der Waals surface area contributed by atoms with E-state index in [2.05, 4.69) is 73.6 Å². The van der Waals surface area contributed by atoms with Crippen molar-refractivity contribution in [2.75, 3.05) is 0 Å². The average Bonchev–Trinajstić information content (AvgIpc) is 2.92. The van der Waals surface area contributed by atoms with Gasteiger partial charge in [-0.1, -0.05) is 85.9 Å². The topological polar surface area (TPSA) is 0 Å². The number of aryl methyl sites for hydroxylation is 2. The minimum Gasteiger partial charge on any atom is -0.205 e. The van der Waals surface area contributed by atoms with Gasteiger partial charge in [-0.2, -0.15) is 0 Å². The van der Waals surface area contributed by atoms with E-state index in [1.54, 1.807) is 12.1 Å². The van der Waals surface area contributed by atoms with Gasteiger partial charge in [0.1, 0.15) is 5.82 Å². The first-order chi connectivity index (χ1) is 17.7. The van der Waals surface area contributed by atoms with E-state index >= 15 is 4.39 Å². The van der Waals surface area contributed by atoms with Gasteiger partial charge in [-0.3, -0.25) is 0 Å². The highest BCUT2D eigenvalue weighted by Gasteiger charge is 2.06. The van der Waals surface area contributed by atoms with Crippen LogP contribution in [0.15, 0.2) is 91.5 Å². The minimum absolute atomic E-state index is 0.291. The summed E-state index contributed by atoms with van der Waals surface area (Å²) in [4.78, 5) is 0. The molecule has 36 heavy (non-hydrogen) atoms. The lowest BCUT2D eigenvalue weighted by molar-refractivity contribution is 0.636. The van der Waals surface area contributed by atoms with E-state index in [0.717, 1.165) is 41.3 Å². The Morgan fingerprint density at radius 2 is 1.31 bits per heavy atom. The number of hydrogen-bond donors (Lipinski definition) is 0. The molecule has 1 heteroatoms. The van der Waals surface area contributed by atoms with Crippen molar-refractivity contribution in [3.63, 3.8) is 0 Å². The molecule has 0 atom stereocenters. The Morgan fingerprint density at radius 3 is 1.97 bits per heavy atom. The second-order valence-electron chi connectivity index (χ2n) is 9.04. The van der Waals surface area contributed by atoms with Crippen LogP contribution in [-0.2, 0) is 12.8 Å². The highest BCUT2D eigenvalue weighted by atomic mass is 19.1. The van der Waals surface area contributed by atoms with Gasteiger partial charge in [0.05, 0.1) is 5.56 Å². The zero-order chi connectivity index (χ0) is 25.2. The summed E-state index contributed by atoms with van der Waals surface area (Å²) in [6, 6.07) is 25.8. The Bertz CT molecular complexity index is 1450. The molecule has 0 bridgehead atoms. The number of unbranched alkanes of at least 4 members (excludes halogenated alkanes) is 2. The van der Waals surface area contributed by atoms with Crippen LogP contribution in [0.4, 0.5) is 4.39 Å². The second kappa shape index (κ2) is 12.6. The lowest BCUT2D eigenvalue weighted by Gasteiger charge is -2.03. The molecule has 0 aliphatic carbocycles. The Kier molecular flexibility index (Phi) is 8.75. The predicted molar refractivity (Wildman–Crippen MR) is 150 cm³/mol. The maximum Gasteiger partial charge on any atom is 0.146 e. The Morgan fingerprint density at radius 1 is 0.694 bits per heavy atom. The van der Waals surface area contributed by atoms with Crippen LogP contribution in [0.2, 0.25) is 0 Å². The minimum atomic E-state index is -0.291. The van der Waals surface area contributed by atoms with Crippen molar-refractivity contribution in [1.29, 1.82) is 0 Å². The molecule has 178 valence electrons. The molecule has 0 unspecified atom stereocenters. The first-order valence-corrected chi connectivity index (χ1v) is 12.7. The molecule has 0 amide bonds. The van der Waals surface area contributed by atoms with Gasteiger partial charge >= 0.3 is 0 Å². The zero-order valence-corrected chi connectivity index (χ0v) is 20.9. The van der Waals surface area contributed by atoms with Crippen molar-refractivity contribution >= 4 is 10.8 Å². The van der Waals surface area contributed by atoms with E-state index in [0.29, 0.717) is 10.9 Å². The molecule has 0 fully saturated rings. The molecule has 0 aromatic heterocycles. The van der Waals surface area contributed by atoms with E-state index in [9.17, 15) is 0 Å². The van der Waals surface area contributed by atoms with E-state index < -0.39 is 0 Å². The maximum atomic E-state index is 15.2. The number of hydrogen-bond acceptors (Lipinski definition) is 0. The van der Waals surface area contributed by atoms with Crippen LogP contribution >= 0.6 is 0 Å². The molecule has 4 rings (SSSR count). The molecule has 0 radical (unpaired) electrons. The van der Waals surface area contributed by atoms with Gasteiger partial charge in [-0.15, -0.1) is 6.58 Å². The highest BCUT2D eigenvalue weighted by molar-refractivity contribution is 5.86. The molecule has 0 spiro atoms. The standard InChI is InChI=1S/C35H31F/c1-3-5-7-9-28-12-14-29(15-13-28)18-19-31-21-25-34-33(26-31)24-23-32(35(34)36)22-20-30-16-10-27(11-17-30)8-6-4-2/h4,10-17,21,23-26H,2-3,5-9H2,1H3. The third-order valence-corrected chi connectivity index (χ3v) is 6.26. The molecule has 0 heterocycles. The molecule has 0 aliphatic rings. The van der Waals surface area contributed by atoms with Crippen molar-refractivity contribution in [2.45, 2.75) is 45.4 Å². The van der Waals surface area contributed by atoms with Gasteiger partial charge in [-0.05, 0) is 84.7 Å². The average molecular weight is 471 g/mol. The highest BCUT2D eigenvalue weighted by Crippen LogP contribution is 2.22. The first kappa shape index (κ1) is 25.0. The Balaban J connectivity index is 1.47. The third kappa shape index (κ3) is 6.75. The molecule has 0 saturated carbocycles. The summed E-state index contributed by atoms with van der Waals surface area (Å²) in [5, 5.41) is 1.38. The van der Waals surface area contributed by atoms with E-state index in [-0.39, 0.29) is 5.82 Å². The first-order valence-electron chi connectivity index (χ1n) is 12.7. The van der Waals surface area contributed by atoms with Gasteiger partial charge in [0.15, 0.2) is 0 Å². The molecule has 0 nitrogen and oxygen atoms in total. The summed E-state index contributed by atoms with van der Waals surface area (Å²) in [5.41, 5.74) is 5.72. The van der Waals surface area contributed by atoms with Crippen LogP contribution < -0.4 is 0 Å². The number of rotatable bonds is 7. The third-order valence-electron chi connectivity index (χ3n) is 6.26. The summed E-state index contributed by atoms with van der Waals surface area (Å²) in [6.45, 7) is 5.98. The molecule has 0 aliphatic heterocycles. The van der Waals surface area contributed by atoms with Gasteiger partial charge in [0.2, 0.25) is 0 Å². The largest absolute Gasteiger partial charge is 0.205 e. The van der Waals surface area contributed by atoms with Crippen molar-refractivity contribution in [2.24, 2.45) is 0 Å². The monoisotopic (exact) mass is 470 g/mol. The summed E-state index contributed by atoms with van der Waals surface area (Å²) in [7, 11) is 0. The van der Waals surface area contributed by atoms with Crippen molar-refractivity contribution in [3.05, 3.63) is 131 Å².